The Balaban J connectivity index is -0.000000407. The summed E-state index contributed by atoms with van der Waals surface area (Å²) in [6.07, 6.45) is 2.64. The van der Waals surface area contributed by atoms with Crippen LogP contribution in [-0.4, -0.2) is 72.3 Å². The first-order valence-electron chi connectivity index (χ1n) is 17.1. The number of carbonyl (C=O) groups is 6. The van der Waals surface area contributed by atoms with Gasteiger partial charge in [-0.1, -0.05) is 55.4 Å². The Labute approximate surface area is 343 Å². The van der Waals surface area contributed by atoms with Gasteiger partial charge in [-0.05, 0) is 85.9 Å². The van der Waals surface area contributed by atoms with Gasteiger partial charge in [0.25, 0.3) is 0 Å². The van der Waals surface area contributed by atoms with Gasteiger partial charge in [-0.25, -0.2) is 9.59 Å². The van der Waals surface area contributed by atoms with Crippen molar-refractivity contribution in [3.63, 3.8) is 0 Å². The maximum atomic E-state index is 11.9. The van der Waals surface area contributed by atoms with Gasteiger partial charge in [0.1, 0.15) is 0 Å². The van der Waals surface area contributed by atoms with Crippen LogP contribution in [0.4, 0.5) is 9.59 Å². The predicted octanol–water partition coefficient (Wildman–Crippen LogP) is -3.54. The molecule has 0 saturated heterocycles. The van der Waals surface area contributed by atoms with Gasteiger partial charge in [0, 0.05) is 51.0 Å². The fraction of sp³-hybridized carbons (Fsp3) is 0.824. The Morgan fingerprint density at radius 1 is 0.440 bits per heavy atom. The molecular weight excluding hydrogens is 670 g/mol. The Bertz CT molecular complexity index is 836. The van der Waals surface area contributed by atoms with E-state index in [-0.39, 0.29) is 135 Å². The van der Waals surface area contributed by atoms with Crippen LogP contribution in [0, 0.1) is 47.3 Å². The molecule has 0 aliphatic heterocycles. The SMILES string of the molecule is CC(C)CC(CNC(=O)NCC(CC(=O)O)CC(C)C)CC(=O)[O-].CC(C)CC(CNC(=O)NCC(CC(=O)O)CC(C)C)CC(=O)[O-].[Na+].[Na+]. The van der Waals surface area contributed by atoms with Crippen LogP contribution in [0.1, 0.15) is 107 Å². The molecule has 0 saturated carbocycles. The zero-order chi connectivity index (χ0) is 37.4. The molecule has 0 fully saturated rings. The van der Waals surface area contributed by atoms with Crippen molar-refractivity contribution in [2.75, 3.05) is 26.2 Å². The van der Waals surface area contributed by atoms with Crippen LogP contribution in [0.25, 0.3) is 0 Å². The van der Waals surface area contributed by atoms with Crippen LogP contribution in [0.2, 0.25) is 0 Å². The van der Waals surface area contributed by atoms with Crippen molar-refractivity contribution in [3.8, 4) is 0 Å². The number of carboxylic acid groups (broad SMARTS) is 4. The quantitative estimate of drug-likeness (QED) is 0.0535. The summed E-state index contributed by atoms with van der Waals surface area (Å²) in [5.41, 5.74) is 0. The van der Waals surface area contributed by atoms with E-state index in [1.807, 2.05) is 55.4 Å². The number of hydrogen-bond acceptors (Lipinski definition) is 8. The molecule has 0 rings (SSSR count). The van der Waals surface area contributed by atoms with E-state index in [0.717, 1.165) is 0 Å². The Hall–Kier alpha value is -1.58. The van der Waals surface area contributed by atoms with Gasteiger partial charge in [0.05, 0.1) is 0 Å². The summed E-state index contributed by atoms with van der Waals surface area (Å²) in [5, 5.41) is 50.0. The summed E-state index contributed by atoms with van der Waals surface area (Å²) in [7, 11) is 0. The number of nitrogens with one attached hydrogen (secondary N) is 4. The zero-order valence-electron chi connectivity index (χ0n) is 32.3. The van der Waals surface area contributed by atoms with E-state index in [0.29, 0.717) is 49.4 Å². The van der Waals surface area contributed by atoms with Gasteiger partial charge in [-0.15, -0.1) is 0 Å². The molecule has 0 aliphatic carbocycles. The molecule has 4 amide bonds. The number of carbonyl (C=O) groups excluding carboxylic acids is 4. The molecule has 0 aromatic carbocycles. The van der Waals surface area contributed by atoms with Gasteiger partial charge < -0.3 is 51.3 Å². The molecule has 0 spiro atoms. The molecule has 0 heterocycles. The molecular formula is C34H62N4Na2O10. The average molecular weight is 733 g/mol. The number of aliphatic carboxylic acids is 4. The van der Waals surface area contributed by atoms with Crippen molar-refractivity contribution in [2.24, 2.45) is 47.3 Å². The molecule has 6 N–H and O–H groups in total. The standard InChI is InChI=1S/2C17H32N2O5.2Na/c2*1-11(2)5-13(7-15(20)21)9-18-17(24)19-10-14(6-12(3)4)8-16(22)23;;/h2*11-14H,5-10H2,1-4H3,(H,20,21)(H,22,23)(H2,18,19,24);;/q;;2*+1/p-2. The van der Waals surface area contributed by atoms with E-state index >= 15 is 0 Å². The van der Waals surface area contributed by atoms with E-state index in [2.05, 4.69) is 21.3 Å². The molecule has 0 aliphatic rings. The minimum atomic E-state index is -1.12. The Morgan fingerprint density at radius 3 is 0.800 bits per heavy atom. The molecule has 0 aromatic rings. The predicted molar refractivity (Wildman–Crippen MR) is 178 cm³/mol. The summed E-state index contributed by atoms with van der Waals surface area (Å²) in [6.45, 7) is 17.1. The monoisotopic (exact) mass is 732 g/mol. The molecule has 0 aromatic heterocycles. The van der Waals surface area contributed by atoms with Gasteiger partial charge in [-0.3, -0.25) is 9.59 Å². The number of carboxylic acids is 4. The van der Waals surface area contributed by atoms with Crippen molar-refractivity contribution in [3.05, 3.63) is 0 Å². The van der Waals surface area contributed by atoms with Crippen molar-refractivity contribution < 1.29 is 108 Å². The summed E-state index contributed by atoms with van der Waals surface area (Å²) in [4.78, 5) is 67.0. The summed E-state index contributed by atoms with van der Waals surface area (Å²) in [6, 6.07) is -0.803. The van der Waals surface area contributed by atoms with E-state index in [1.54, 1.807) is 0 Å². The van der Waals surface area contributed by atoms with Crippen LogP contribution in [0.15, 0.2) is 0 Å². The largest absolute Gasteiger partial charge is 1.00 e. The Kier molecular flexibility index (Phi) is 35.4. The normalized spacial score (nSPS) is 13.0. The molecule has 14 nitrogen and oxygen atoms in total. The first kappa shape index (κ1) is 55.2. The summed E-state index contributed by atoms with van der Waals surface area (Å²) >= 11 is 0. The van der Waals surface area contributed by atoms with Gasteiger partial charge in [0.15, 0.2) is 0 Å². The first-order valence-corrected chi connectivity index (χ1v) is 17.1. The van der Waals surface area contributed by atoms with Gasteiger partial charge in [-0.2, -0.15) is 0 Å². The van der Waals surface area contributed by atoms with Crippen molar-refractivity contribution in [2.45, 2.75) is 107 Å². The second kappa shape index (κ2) is 32.1. The van der Waals surface area contributed by atoms with Crippen LogP contribution < -0.4 is 90.6 Å². The molecule has 280 valence electrons. The number of rotatable bonds is 24. The van der Waals surface area contributed by atoms with Gasteiger partial charge >= 0.3 is 83.1 Å². The zero-order valence-corrected chi connectivity index (χ0v) is 36.3. The number of hydrogen-bond donors (Lipinski definition) is 6. The molecule has 16 heteroatoms. The minimum absolute atomic E-state index is 0. The average Bonchev–Trinajstić information content (AvgIpc) is 2.90. The maximum absolute atomic E-state index is 11.9. The molecule has 4 unspecified atom stereocenters. The Morgan fingerprint density at radius 2 is 0.640 bits per heavy atom. The van der Waals surface area contributed by atoms with Crippen molar-refractivity contribution in [1.29, 1.82) is 0 Å². The second-order valence-corrected chi connectivity index (χ2v) is 14.5. The second-order valence-electron chi connectivity index (χ2n) is 14.5. The van der Waals surface area contributed by atoms with E-state index in [1.165, 1.54) is 0 Å². The van der Waals surface area contributed by atoms with Crippen molar-refractivity contribution in [1.82, 2.24) is 21.3 Å². The maximum Gasteiger partial charge on any atom is 1.00 e. The minimum Gasteiger partial charge on any atom is -0.550 e. The van der Waals surface area contributed by atoms with Crippen LogP contribution in [-0.2, 0) is 19.2 Å². The van der Waals surface area contributed by atoms with E-state index < -0.39 is 35.9 Å². The first-order chi connectivity index (χ1) is 22.2. The third-order valence-electron chi connectivity index (χ3n) is 7.26. The summed E-state index contributed by atoms with van der Waals surface area (Å²) < 4.78 is 0. The van der Waals surface area contributed by atoms with Crippen LogP contribution in [0.5, 0.6) is 0 Å². The molecule has 50 heavy (non-hydrogen) atoms. The van der Waals surface area contributed by atoms with E-state index in [4.69, 9.17) is 10.2 Å². The smallest absolute Gasteiger partial charge is 0.550 e. The fourth-order valence-electron chi connectivity index (χ4n) is 5.66. The fourth-order valence-corrected chi connectivity index (χ4v) is 5.66. The third-order valence-corrected chi connectivity index (χ3v) is 7.26. The third kappa shape index (κ3) is 37.7. The van der Waals surface area contributed by atoms with Crippen LogP contribution >= 0.6 is 0 Å². The topological polar surface area (TPSA) is 237 Å². The molecule has 0 radical (unpaired) electrons. The number of amides is 4. The number of urea groups is 2. The van der Waals surface area contributed by atoms with E-state index in [9.17, 15) is 39.0 Å². The van der Waals surface area contributed by atoms with Crippen LogP contribution in [0.3, 0.4) is 0 Å². The summed E-state index contributed by atoms with van der Waals surface area (Å²) in [5.74, 6) is -3.26. The molecule has 0 bridgehead atoms. The molecule has 4 atom stereocenters. The van der Waals surface area contributed by atoms with Gasteiger partial charge in [0.2, 0.25) is 0 Å². The van der Waals surface area contributed by atoms with Crippen molar-refractivity contribution >= 4 is 35.9 Å².